The minimum atomic E-state index is -4.53. The van der Waals surface area contributed by atoms with Crippen LogP contribution in [-0.2, 0) is 19.7 Å². The molecule has 0 heterocycles. The predicted molar refractivity (Wildman–Crippen MR) is 119 cm³/mol. The van der Waals surface area contributed by atoms with E-state index in [4.69, 9.17) is 0 Å². The number of hydrogen-bond acceptors (Lipinski definition) is 4. The summed E-state index contributed by atoms with van der Waals surface area (Å²) in [5.74, 6) is -0.742. The number of carbonyl (C=O) groups excluding carboxylic acids is 2. The smallest absolute Gasteiger partial charge is 0.295 e. The van der Waals surface area contributed by atoms with Crippen molar-refractivity contribution < 1.29 is 22.6 Å². The minimum Gasteiger partial charge on any atom is -0.322 e. The molecule has 0 saturated carbocycles. The minimum absolute atomic E-state index is 0.213. The Morgan fingerprint density at radius 2 is 1.37 bits per heavy atom. The number of rotatable bonds is 7. The SMILES string of the molecule is C=C(C)C(=O)Nc1ccc(C=Cc2ccc(NC(=O)C(=C)C)cc2S(=O)(=O)O)cc1. The Morgan fingerprint density at radius 1 is 0.867 bits per heavy atom. The first-order valence-electron chi connectivity index (χ1n) is 8.81. The maximum atomic E-state index is 11.8. The van der Waals surface area contributed by atoms with E-state index < -0.39 is 16.0 Å². The Hall–Kier alpha value is -3.49. The van der Waals surface area contributed by atoms with Gasteiger partial charge in [-0.15, -0.1) is 0 Å². The molecule has 0 fully saturated rings. The monoisotopic (exact) mass is 426 g/mol. The predicted octanol–water partition coefficient (Wildman–Crippen LogP) is 4.13. The topological polar surface area (TPSA) is 113 Å². The second-order valence-electron chi connectivity index (χ2n) is 6.65. The third kappa shape index (κ3) is 6.26. The van der Waals surface area contributed by atoms with Crippen molar-refractivity contribution in [2.24, 2.45) is 0 Å². The van der Waals surface area contributed by atoms with Gasteiger partial charge in [0.1, 0.15) is 4.90 Å². The maximum Gasteiger partial charge on any atom is 0.295 e. The molecule has 8 heteroatoms. The van der Waals surface area contributed by atoms with Gasteiger partial charge in [-0.25, -0.2) is 0 Å². The van der Waals surface area contributed by atoms with Crippen LogP contribution in [-0.4, -0.2) is 24.8 Å². The fourth-order valence-corrected chi connectivity index (χ4v) is 3.02. The highest BCUT2D eigenvalue weighted by Gasteiger charge is 2.16. The summed E-state index contributed by atoms with van der Waals surface area (Å²) in [6, 6.07) is 11.0. The van der Waals surface area contributed by atoms with E-state index in [9.17, 15) is 22.6 Å². The largest absolute Gasteiger partial charge is 0.322 e. The molecule has 2 aromatic rings. The lowest BCUT2D eigenvalue weighted by Gasteiger charge is -2.09. The molecule has 0 saturated heterocycles. The highest BCUT2D eigenvalue weighted by Crippen LogP contribution is 2.23. The molecule has 156 valence electrons. The van der Waals surface area contributed by atoms with Crippen molar-refractivity contribution in [1.82, 2.24) is 0 Å². The van der Waals surface area contributed by atoms with Gasteiger partial charge in [0.15, 0.2) is 0 Å². The second kappa shape index (κ2) is 9.34. The molecule has 7 nitrogen and oxygen atoms in total. The molecule has 3 N–H and O–H groups in total. The highest BCUT2D eigenvalue weighted by atomic mass is 32.2. The first kappa shape index (κ1) is 22.8. The first-order valence-corrected chi connectivity index (χ1v) is 10.2. The van der Waals surface area contributed by atoms with E-state index in [0.29, 0.717) is 11.3 Å². The van der Waals surface area contributed by atoms with Gasteiger partial charge in [0, 0.05) is 22.5 Å². The second-order valence-corrected chi connectivity index (χ2v) is 8.04. The van der Waals surface area contributed by atoms with Crippen LogP contribution in [0.1, 0.15) is 25.0 Å². The van der Waals surface area contributed by atoms with Crippen molar-refractivity contribution in [2.45, 2.75) is 18.7 Å². The van der Waals surface area contributed by atoms with Crippen molar-refractivity contribution in [3.8, 4) is 0 Å². The van der Waals surface area contributed by atoms with Gasteiger partial charge in [-0.1, -0.05) is 43.5 Å². The quantitative estimate of drug-likeness (QED) is 0.350. The average Bonchev–Trinajstić information content (AvgIpc) is 2.67. The molecule has 0 radical (unpaired) electrons. The number of hydrogen-bond donors (Lipinski definition) is 3. The number of carbonyl (C=O) groups is 2. The Labute approximate surface area is 175 Å². The molecule has 0 spiro atoms. The molecule has 0 aliphatic carbocycles. The molecular weight excluding hydrogens is 404 g/mol. The summed E-state index contributed by atoms with van der Waals surface area (Å²) in [4.78, 5) is 23.0. The summed E-state index contributed by atoms with van der Waals surface area (Å²) in [6.45, 7) is 10.2. The lowest BCUT2D eigenvalue weighted by Crippen LogP contribution is -2.12. The van der Waals surface area contributed by atoms with E-state index in [0.717, 1.165) is 5.56 Å². The summed E-state index contributed by atoms with van der Waals surface area (Å²) in [5, 5.41) is 5.19. The van der Waals surface area contributed by atoms with Crippen LogP contribution < -0.4 is 10.6 Å². The van der Waals surface area contributed by atoms with Gasteiger partial charge < -0.3 is 10.6 Å². The zero-order chi connectivity index (χ0) is 22.5. The van der Waals surface area contributed by atoms with Crippen LogP contribution in [0.5, 0.6) is 0 Å². The molecular formula is C22H22N2O5S. The van der Waals surface area contributed by atoms with Crippen molar-refractivity contribution in [3.05, 3.63) is 77.9 Å². The van der Waals surface area contributed by atoms with Crippen LogP contribution in [0.15, 0.2) is 71.7 Å². The molecule has 0 atom stereocenters. The fraction of sp³-hybridized carbons (Fsp3) is 0.0909. The summed E-state index contributed by atoms with van der Waals surface area (Å²) >= 11 is 0. The van der Waals surface area contributed by atoms with Crippen LogP contribution in [0.2, 0.25) is 0 Å². The van der Waals surface area contributed by atoms with E-state index in [2.05, 4.69) is 23.8 Å². The van der Waals surface area contributed by atoms with Crippen LogP contribution in [0, 0.1) is 0 Å². The van der Waals surface area contributed by atoms with Gasteiger partial charge in [-0.05, 0) is 49.2 Å². The number of benzene rings is 2. The van der Waals surface area contributed by atoms with Gasteiger partial charge in [0.2, 0.25) is 0 Å². The van der Waals surface area contributed by atoms with Crippen molar-refractivity contribution in [2.75, 3.05) is 10.6 Å². The molecule has 30 heavy (non-hydrogen) atoms. The Balaban J connectivity index is 2.27. The van der Waals surface area contributed by atoms with Crippen molar-refractivity contribution in [3.63, 3.8) is 0 Å². The third-order valence-electron chi connectivity index (χ3n) is 3.95. The van der Waals surface area contributed by atoms with E-state index in [-0.39, 0.29) is 27.6 Å². The highest BCUT2D eigenvalue weighted by molar-refractivity contribution is 7.86. The van der Waals surface area contributed by atoms with Gasteiger partial charge in [-0.2, -0.15) is 8.42 Å². The van der Waals surface area contributed by atoms with Crippen molar-refractivity contribution in [1.29, 1.82) is 0 Å². The van der Waals surface area contributed by atoms with Crippen LogP contribution in [0.4, 0.5) is 11.4 Å². The first-order chi connectivity index (χ1) is 14.0. The molecule has 0 unspecified atom stereocenters. The van der Waals surface area contributed by atoms with Gasteiger partial charge >= 0.3 is 0 Å². The Morgan fingerprint density at radius 3 is 1.87 bits per heavy atom. The molecule has 2 amide bonds. The maximum absolute atomic E-state index is 11.8. The van der Waals surface area contributed by atoms with Gasteiger partial charge in [0.25, 0.3) is 21.9 Å². The van der Waals surface area contributed by atoms with E-state index in [1.54, 1.807) is 37.3 Å². The van der Waals surface area contributed by atoms with E-state index >= 15 is 0 Å². The summed E-state index contributed by atoms with van der Waals surface area (Å²) in [7, 11) is -4.53. The summed E-state index contributed by atoms with van der Waals surface area (Å²) < 4.78 is 33.1. The molecule has 2 aromatic carbocycles. The fourth-order valence-electron chi connectivity index (χ4n) is 2.31. The van der Waals surface area contributed by atoms with Crippen LogP contribution in [0.25, 0.3) is 12.2 Å². The molecule has 2 rings (SSSR count). The number of anilines is 2. The molecule has 0 bridgehead atoms. The average molecular weight is 426 g/mol. The van der Waals surface area contributed by atoms with E-state index in [1.807, 2.05) is 0 Å². The number of amides is 2. The Kier molecular flexibility index (Phi) is 7.10. The van der Waals surface area contributed by atoms with Crippen molar-refractivity contribution >= 4 is 45.5 Å². The molecule has 0 aliphatic heterocycles. The molecule has 0 aromatic heterocycles. The lowest BCUT2D eigenvalue weighted by atomic mass is 10.1. The normalized spacial score (nSPS) is 11.2. The third-order valence-corrected chi connectivity index (χ3v) is 4.86. The van der Waals surface area contributed by atoms with Crippen LogP contribution in [0.3, 0.4) is 0 Å². The van der Waals surface area contributed by atoms with E-state index in [1.165, 1.54) is 31.2 Å². The van der Waals surface area contributed by atoms with Gasteiger partial charge in [0.05, 0.1) is 0 Å². The summed E-state index contributed by atoms with van der Waals surface area (Å²) in [6.07, 6.45) is 3.18. The zero-order valence-corrected chi connectivity index (χ0v) is 17.4. The summed E-state index contributed by atoms with van der Waals surface area (Å²) in [5.41, 5.74) is 2.44. The van der Waals surface area contributed by atoms with Gasteiger partial charge in [-0.3, -0.25) is 14.1 Å². The standard InChI is InChI=1S/C22H22N2O5S/c1-14(2)21(25)23-18-10-6-16(7-11-18)5-8-17-9-12-19(24-22(26)15(3)4)13-20(17)30(27,28)29/h5-13H,1,3H2,2,4H3,(H,23,25)(H,24,26)(H,27,28,29). The molecule has 0 aliphatic rings. The van der Waals surface area contributed by atoms with Crippen LogP contribution >= 0.6 is 0 Å². The number of nitrogens with one attached hydrogen (secondary N) is 2. The zero-order valence-electron chi connectivity index (χ0n) is 16.6. The lowest BCUT2D eigenvalue weighted by molar-refractivity contribution is -0.113. The Bertz CT molecular complexity index is 1150.